The van der Waals surface area contributed by atoms with Crippen molar-refractivity contribution in [3.05, 3.63) is 47.8 Å². The lowest BCUT2D eigenvalue weighted by molar-refractivity contribution is -0.137. The van der Waals surface area contributed by atoms with Crippen molar-refractivity contribution in [1.29, 1.82) is 0 Å². The molecule has 2 aromatic rings. The Bertz CT molecular complexity index is 781. The molecular weight excluding hydrogens is 357 g/mol. The normalized spacial score (nSPS) is 15.7. The quantitative estimate of drug-likeness (QED) is 0.864. The van der Waals surface area contributed by atoms with E-state index in [-0.39, 0.29) is 23.3 Å². The summed E-state index contributed by atoms with van der Waals surface area (Å²) in [7, 11) is 0. The molecule has 1 aromatic heterocycles. The zero-order valence-corrected chi connectivity index (χ0v) is 15.2. The summed E-state index contributed by atoms with van der Waals surface area (Å²) in [4.78, 5) is 14.8. The summed E-state index contributed by atoms with van der Waals surface area (Å²) in [5.74, 6) is -0.172. The third kappa shape index (κ3) is 4.50. The molecule has 1 fully saturated rings. The van der Waals surface area contributed by atoms with Gasteiger partial charge in [-0.15, -0.1) is 0 Å². The van der Waals surface area contributed by atoms with Crippen LogP contribution in [0.3, 0.4) is 0 Å². The average molecular weight is 380 g/mol. The van der Waals surface area contributed by atoms with Crippen molar-refractivity contribution in [2.45, 2.75) is 38.4 Å². The first-order valence-corrected chi connectivity index (χ1v) is 9.15. The van der Waals surface area contributed by atoms with E-state index in [1.807, 2.05) is 11.8 Å². The summed E-state index contributed by atoms with van der Waals surface area (Å²) in [6, 6.07) is 6.63. The van der Waals surface area contributed by atoms with Crippen LogP contribution in [0.1, 0.15) is 42.2 Å². The van der Waals surface area contributed by atoms with Crippen LogP contribution in [0, 0.1) is 0 Å². The molecule has 0 aliphatic carbocycles. The van der Waals surface area contributed by atoms with Crippen molar-refractivity contribution in [3.63, 3.8) is 0 Å². The van der Waals surface area contributed by atoms with Crippen molar-refractivity contribution >= 4 is 5.91 Å². The second-order valence-corrected chi connectivity index (χ2v) is 6.67. The van der Waals surface area contributed by atoms with Crippen LogP contribution in [0.5, 0.6) is 0 Å². The first kappa shape index (κ1) is 19.4. The van der Waals surface area contributed by atoms with Gasteiger partial charge >= 0.3 is 6.18 Å². The Morgan fingerprint density at radius 2 is 2.04 bits per heavy atom. The summed E-state index contributed by atoms with van der Waals surface area (Å²) in [5, 5.41) is 7.53. The van der Waals surface area contributed by atoms with Crippen molar-refractivity contribution < 1.29 is 18.0 Å². The van der Waals surface area contributed by atoms with Crippen molar-refractivity contribution in [2.75, 3.05) is 19.6 Å². The predicted molar refractivity (Wildman–Crippen MR) is 95.8 cm³/mol. The summed E-state index contributed by atoms with van der Waals surface area (Å²) in [6.07, 6.45) is -0.284. The third-order valence-corrected chi connectivity index (χ3v) is 4.72. The molecule has 0 bridgehead atoms. The van der Waals surface area contributed by atoms with Gasteiger partial charge in [-0.1, -0.05) is 13.0 Å². The van der Waals surface area contributed by atoms with Crippen molar-refractivity contribution in [3.8, 4) is 5.69 Å². The van der Waals surface area contributed by atoms with Gasteiger partial charge in [-0.2, -0.15) is 18.3 Å². The fourth-order valence-corrected chi connectivity index (χ4v) is 3.36. The standard InChI is InChI=1S/C19H23F3N4O/c1-2-11-25(15-6-9-23-10-7-15)18(27)17-8-12-26(24-17)16-5-3-4-14(13-16)19(20,21)22/h3-5,8,12-13,15,23H,2,6-7,9-11H2,1H3. The molecule has 3 rings (SSSR count). The van der Waals surface area contributed by atoms with Gasteiger partial charge in [0.2, 0.25) is 0 Å². The highest BCUT2D eigenvalue weighted by Gasteiger charge is 2.31. The van der Waals surface area contributed by atoms with Gasteiger partial charge in [0.05, 0.1) is 11.3 Å². The molecule has 0 unspecified atom stereocenters. The van der Waals surface area contributed by atoms with Crippen LogP contribution in [-0.2, 0) is 6.18 Å². The molecular formula is C19H23F3N4O. The average Bonchev–Trinajstić information content (AvgIpc) is 3.16. The van der Waals surface area contributed by atoms with E-state index in [2.05, 4.69) is 10.4 Å². The first-order chi connectivity index (χ1) is 12.9. The van der Waals surface area contributed by atoms with E-state index in [4.69, 9.17) is 0 Å². The Morgan fingerprint density at radius 3 is 2.70 bits per heavy atom. The van der Waals surface area contributed by atoms with Crippen LogP contribution in [0.4, 0.5) is 13.2 Å². The molecule has 8 heteroatoms. The number of hydrogen-bond acceptors (Lipinski definition) is 3. The van der Waals surface area contributed by atoms with E-state index in [1.165, 1.54) is 23.0 Å². The highest BCUT2D eigenvalue weighted by atomic mass is 19.4. The van der Waals surface area contributed by atoms with E-state index in [0.717, 1.165) is 44.5 Å². The van der Waals surface area contributed by atoms with Crippen LogP contribution in [0.25, 0.3) is 5.69 Å². The summed E-state index contributed by atoms with van der Waals surface area (Å²) >= 11 is 0. The van der Waals surface area contributed by atoms with E-state index >= 15 is 0 Å². The lowest BCUT2D eigenvalue weighted by Gasteiger charge is -2.34. The van der Waals surface area contributed by atoms with Gasteiger partial charge in [-0.25, -0.2) is 4.68 Å². The molecule has 1 aliphatic heterocycles. The SMILES string of the molecule is CCCN(C(=O)c1ccn(-c2cccc(C(F)(F)F)c2)n1)C1CCNCC1. The van der Waals surface area contributed by atoms with Gasteiger partial charge < -0.3 is 10.2 Å². The largest absolute Gasteiger partial charge is 0.416 e. The van der Waals surface area contributed by atoms with Gasteiger partial charge in [0.1, 0.15) is 0 Å². The maximum absolute atomic E-state index is 13.0. The number of carbonyl (C=O) groups is 1. The van der Waals surface area contributed by atoms with E-state index in [9.17, 15) is 18.0 Å². The number of nitrogens with one attached hydrogen (secondary N) is 1. The molecule has 27 heavy (non-hydrogen) atoms. The lowest BCUT2D eigenvalue weighted by Crippen LogP contribution is -2.46. The van der Waals surface area contributed by atoms with Crippen molar-refractivity contribution in [2.24, 2.45) is 0 Å². The highest BCUT2D eigenvalue weighted by Crippen LogP contribution is 2.30. The maximum Gasteiger partial charge on any atom is 0.416 e. The molecule has 5 nitrogen and oxygen atoms in total. The zero-order valence-electron chi connectivity index (χ0n) is 15.2. The number of piperidine rings is 1. The zero-order chi connectivity index (χ0) is 19.4. The molecule has 1 amide bonds. The highest BCUT2D eigenvalue weighted by molar-refractivity contribution is 5.92. The Kier molecular flexibility index (Phi) is 5.84. The summed E-state index contributed by atoms with van der Waals surface area (Å²) < 4.78 is 40.1. The van der Waals surface area contributed by atoms with E-state index in [1.54, 1.807) is 6.07 Å². The van der Waals surface area contributed by atoms with E-state index in [0.29, 0.717) is 6.54 Å². The maximum atomic E-state index is 13.0. The Morgan fingerprint density at radius 1 is 1.30 bits per heavy atom. The monoisotopic (exact) mass is 380 g/mol. The van der Waals surface area contributed by atoms with Gasteiger partial charge in [0.25, 0.3) is 5.91 Å². The smallest absolute Gasteiger partial charge is 0.334 e. The van der Waals surface area contributed by atoms with Crippen LogP contribution >= 0.6 is 0 Å². The van der Waals surface area contributed by atoms with Gasteiger partial charge in [0, 0.05) is 18.8 Å². The van der Waals surface area contributed by atoms with Crippen LogP contribution in [-0.4, -0.2) is 46.3 Å². The van der Waals surface area contributed by atoms with Gasteiger partial charge in [-0.05, 0) is 56.6 Å². The fraction of sp³-hybridized carbons (Fsp3) is 0.474. The number of benzene rings is 1. The van der Waals surface area contributed by atoms with Crippen LogP contribution in [0.15, 0.2) is 36.5 Å². The molecule has 1 saturated heterocycles. The summed E-state index contributed by atoms with van der Waals surface area (Å²) in [5.41, 5.74) is -0.224. The molecule has 0 spiro atoms. The molecule has 1 aromatic carbocycles. The number of nitrogens with zero attached hydrogens (tertiary/aromatic N) is 3. The van der Waals surface area contributed by atoms with Gasteiger partial charge in [0.15, 0.2) is 5.69 Å². The second kappa shape index (κ2) is 8.12. The number of rotatable bonds is 5. The third-order valence-electron chi connectivity index (χ3n) is 4.72. The van der Waals surface area contributed by atoms with Crippen molar-refractivity contribution in [1.82, 2.24) is 20.0 Å². The number of alkyl halides is 3. The van der Waals surface area contributed by atoms with Gasteiger partial charge in [-0.3, -0.25) is 4.79 Å². The number of hydrogen-bond donors (Lipinski definition) is 1. The molecule has 2 heterocycles. The number of amides is 1. The second-order valence-electron chi connectivity index (χ2n) is 6.67. The lowest BCUT2D eigenvalue weighted by atomic mass is 10.0. The minimum atomic E-state index is -4.42. The minimum absolute atomic E-state index is 0.164. The number of halogens is 3. The Labute approximate surface area is 156 Å². The first-order valence-electron chi connectivity index (χ1n) is 9.15. The molecule has 146 valence electrons. The fourth-order valence-electron chi connectivity index (χ4n) is 3.36. The van der Waals surface area contributed by atoms with E-state index < -0.39 is 11.7 Å². The Hall–Kier alpha value is -2.35. The minimum Gasteiger partial charge on any atom is -0.334 e. The molecule has 0 saturated carbocycles. The molecule has 1 aliphatic rings. The Balaban J connectivity index is 1.82. The molecule has 1 N–H and O–H groups in total. The molecule has 0 radical (unpaired) electrons. The summed E-state index contributed by atoms with van der Waals surface area (Å²) in [6.45, 7) is 4.40. The van der Waals surface area contributed by atoms with Crippen LogP contribution < -0.4 is 5.32 Å². The van der Waals surface area contributed by atoms with Crippen LogP contribution in [0.2, 0.25) is 0 Å². The molecule has 0 atom stereocenters. The predicted octanol–water partition coefficient (Wildman–Crippen LogP) is 3.50. The topological polar surface area (TPSA) is 50.2 Å². The number of carbonyl (C=O) groups excluding carboxylic acids is 1. The number of aromatic nitrogens is 2.